The molecule has 21 heavy (non-hydrogen) atoms. The second kappa shape index (κ2) is 6.15. The first kappa shape index (κ1) is 15.1. The number of rotatable bonds is 3. The summed E-state index contributed by atoms with van der Waals surface area (Å²) < 4.78 is 12.1. The minimum absolute atomic E-state index is 0.0933. The molecule has 1 aromatic carbocycles. The van der Waals surface area contributed by atoms with Gasteiger partial charge in [-0.1, -0.05) is 18.5 Å². The Morgan fingerprint density at radius 1 is 1.38 bits per heavy atom. The van der Waals surface area contributed by atoms with E-state index >= 15 is 0 Å². The Labute approximate surface area is 132 Å². The van der Waals surface area contributed by atoms with Crippen molar-refractivity contribution < 1.29 is 9.47 Å². The van der Waals surface area contributed by atoms with Crippen molar-refractivity contribution in [3.63, 3.8) is 0 Å². The number of benzene rings is 1. The summed E-state index contributed by atoms with van der Waals surface area (Å²) in [5.41, 5.74) is 1.10. The fourth-order valence-electron chi connectivity index (χ4n) is 3.55. The Morgan fingerprint density at radius 3 is 3.00 bits per heavy atom. The number of nitrogens with one attached hydrogen (secondary N) is 1. The summed E-state index contributed by atoms with van der Waals surface area (Å²) in [5, 5.41) is 4.44. The number of hydrogen-bond acceptors (Lipinski definition) is 3. The highest BCUT2D eigenvalue weighted by Gasteiger charge is 2.43. The first-order valence-electron chi connectivity index (χ1n) is 7.95. The molecule has 1 saturated heterocycles. The van der Waals surface area contributed by atoms with Gasteiger partial charge in [0.05, 0.1) is 12.7 Å². The van der Waals surface area contributed by atoms with Gasteiger partial charge in [-0.2, -0.15) is 0 Å². The zero-order chi connectivity index (χ0) is 14.9. The van der Waals surface area contributed by atoms with E-state index in [-0.39, 0.29) is 11.7 Å². The van der Waals surface area contributed by atoms with Crippen molar-refractivity contribution >= 4 is 11.6 Å². The van der Waals surface area contributed by atoms with Gasteiger partial charge in [-0.25, -0.2) is 0 Å². The molecule has 3 unspecified atom stereocenters. The Hall–Kier alpha value is -0.770. The highest BCUT2D eigenvalue weighted by atomic mass is 35.5. The summed E-state index contributed by atoms with van der Waals surface area (Å²) in [6, 6.07) is 6.29. The Kier molecular flexibility index (Phi) is 4.43. The summed E-state index contributed by atoms with van der Waals surface area (Å²) in [6.45, 7) is 6.12. The Morgan fingerprint density at radius 2 is 2.24 bits per heavy atom. The van der Waals surface area contributed by atoms with Crippen LogP contribution in [-0.4, -0.2) is 24.9 Å². The van der Waals surface area contributed by atoms with E-state index in [1.165, 1.54) is 5.56 Å². The third kappa shape index (κ3) is 3.20. The summed E-state index contributed by atoms with van der Waals surface area (Å²) in [7, 11) is 0. The van der Waals surface area contributed by atoms with Crippen molar-refractivity contribution in [1.82, 2.24) is 5.32 Å². The smallest absolute Gasteiger partial charge is 0.125 e. The van der Waals surface area contributed by atoms with Crippen LogP contribution in [0.25, 0.3) is 0 Å². The highest BCUT2D eigenvalue weighted by molar-refractivity contribution is 6.30. The van der Waals surface area contributed by atoms with Crippen LogP contribution >= 0.6 is 11.6 Å². The molecule has 0 aliphatic carbocycles. The lowest BCUT2D eigenvalue weighted by molar-refractivity contribution is -0.0967. The zero-order valence-corrected chi connectivity index (χ0v) is 13.6. The summed E-state index contributed by atoms with van der Waals surface area (Å²) in [6.07, 6.45) is 4.30. The summed E-state index contributed by atoms with van der Waals surface area (Å²) in [5.74, 6) is 0.980. The van der Waals surface area contributed by atoms with Gasteiger partial charge < -0.3 is 14.8 Å². The van der Waals surface area contributed by atoms with Crippen LogP contribution in [0.2, 0.25) is 5.02 Å². The lowest BCUT2D eigenvalue weighted by Gasteiger charge is -2.46. The maximum Gasteiger partial charge on any atom is 0.125 e. The van der Waals surface area contributed by atoms with Crippen molar-refractivity contribution in [2.45, 2.75) is 57.3 Å². The molecule has 0 aromatic heterocycles. The minimum Gasteiger partial charge on any atom is -0.487 e. The lowest BCUT2D eigenvalue weighted by atomic mass is 9.80. The molecule has 116 valence electrons. The van der Waals surface area contributed by atoms with Crippen LogP contribution in [0.5, 0.6) is 5.75 Å². The maximum atomic E-state index is 6.42. The molecular formula is C17H24ClNO2. The SMILES string of the molecule is CCCNC1CC2(CCOC(C)C2)Oc2ccc(Cl)cc21. The zero-order valence-electron chi connectivity index (χ0n) is 12.8. The van der Waals surface area contributed by atoms with Crippen LogP contribution in [0.4, 0.5) is 0 Å². The van der Waals surface area contributed by atoms with E-state index in [0.717, 1.165) is 49.6 Å². The fraction of sp³-hybridized carbons (Fsp3) is 0.647. The third-order valence-electron chi connectivity index (χ3n) is 4.51. The largest absolute Gasteiger partial charge is 0.487 e. The van der Waals surface area contributed by atoms with Crippen molar-refractivity contribution in [3.05, 3.63) is 28.8 Å². The van der Waals surface area contributed by atoms with Crippen LogP contribution in [0.3, 0.4) is 0 Å². The first-order valence-corrected chi connectivity index (χ1v) is 8.33. The molecule has 0 bridgehead atoms. The van der Waals surface area contributed by atoms with E-state index in [0.29, 0.717) is 6.04 Å². The summed E-state index contributed by atoms with van der Waals surface area (Å²) in [4.78, 5) is 0. The van der Waals surface area contributed by atoms with Crippen LogP contribution in [-0.2, 0) is 4.74 Å². The Balaban J connectivity index is 1.90. The predicted octanol–water partition coefficient (Wildman–Crippen LogP) is 4.10. The number of ether oxygens (including phenoxy) is 2. The van der Waals surface area contributed by atoms with E-state index in [1.807, 2.05) is 18.2 Å². The molecule has 3 nitrogen and oxygen atoms in total. The molecule has 1 N–H and O–H groups in total. The minimum atomic E-state index is -0.0933. The van der Waals surface area contributed by atoms with Gasteiger partial charge in [0.2, 0.25) is 0 Å². The average molecular weight is 310 g/mol. The standard InChI is InChI=1S/C17H24ClNO2/c1-3-7-19-15-11-17(6-8-20-12(2)10-17)21-16-5-4-13(18)9-14(15)16/h4-5,9,12,15,19H,3,6-8,10-11H2,1-2H3. The van der Waals surface area contributed by atoms with Gasteiger partial charge in [0, 0.05) is 35.9 Å². The third-order valence-corrected chi connectivity index (χ3v) is 4.75. The van der Waals surface area contributed by atoms with Gasteiger partial charge in [0.15, 0.2) is 0 Å². The molecule has 4 heteroatoms. The van der Waals surface area contributed by atoms with Crippen LogP contribution in [0.1, 0.15) is 51.1 Å². The van der Waals surface area contributed by atoms with Crippen molar-refractivity contribution in [2.75, 3.05) is 13.2 Å². The van der Waals surface area contributed by atoms with Crippen LogP contribution in [0.15, 0.2) is 18.2 Å². The second-order valence-corrected chi connectivity index (χ2v) is 6.75. The number of halogens is 1. The molecule has 1 fully saturated rings. The molecule has 3 rings (SSSR count). The monoisotopic (exact) mass is 309 g/mol. The van der Waals surface area contributed by atoms with Gasteiger partial charge in [0.1, 0.15) is 11.4 Å². The van der Waals surface area contributed by atoms with E-state index in [2.05, 4.69) is 19.2 Å². The quantitative estimate of drug-likeness (QED) is 0.912. The number of hydrogen-bond donors (Lipinski definition) is 1. The van der Waals surface area contributed by atoms with Gasteiger partial charge in [-0.05, 0) is 38.1 Å². The van der Waals surface area contributed by atoms with Crippen molar-refractivity contribution in [1.29, 1.82) is 0 Å². The molecule has 1 spiro atoms. The Bertz CT molecular complexity index is 508. The van der Waals surface area contributed by atoms with Crippen molar-refractivity contribution in [2.24, 2.45) is 0 Å². The molecule has 2 heterocycles. The highest BCUT2D eigenvalue weighted by Crippen LogP contribution is 2.45. The molecule has 0 saturated carbocycles. The maximum absolute atomic E-state index is 6.42. The number of fused-ring (bicyclic) bond motifs is 1. The molecule has 3 atom stereocenters. The second-order valence-electron chi connectivity index (χ2n) is 6.31. The van der Waals surface area contributed by atoms with E-state index in [4.69, 9.17) is 21.1 Å². The topological polar surface area (TPSA) is 30.5 Å². The van der Waals surface area contributed by atoms with E-state index in [1.54, 1.807) is 0 Å². The molecule has 0 amide bonds. The van der Waals surface area contributed by atoms with E-state index < -0.39 is 0 Å². The fourth-order valence-corrected chi connectivity index (χ4v) is 3.73. The lowest BCUT2D eigenvalue weighted by Crippen LogP contribution is -2.49. The van der Waals surface area contributed by atoms with Crippen LogP contribution < -0.4 is 10.1 Å². The molecule has 1 aromatic rings. The normalized spacial score (nSPS) is 31.8. The van der Waals surface area contributed by atoms with Gasteiger partial charge in [0.25, 0.3) is 0 Å². The average Bonchev–Trinajstić information content (AvgIpc) is 2.45. The molecule has 2 aliphatic heterocycles. The van der Waals surface area contributed by atoms with Crippen molar-refractivity contribution in [3.8, 4) is 5.75 Å². The molecule has 2 aliphatic rings. The summed E-state index contributed by atoms with van der Waals surface area (Å²) >= 11 is 6.17. The molecular weight excluding hydrogens is 286 g/mol. The first-order chi connectivity index (χ1) is 10.1. The van der Waals surface area contributed by atoms with Gasteiger partial charge in [-0.3, -0.25) is 0 Å². The van der Waals surface area contributed by atoms with Gasteiger partial charge >= 0.3 is 0 Å². The van der Waals surface area contributed by atoms with Crippen LogP contribution in [0, 0.1) is 0 Å². The molecule has 0 radical (unpaired) electrons. The van der Waals surface area contributed by atoms with E-state index in [9.17, 15) is 0 Å². The predicted molar refractivity (Wildman–Crippen MR) is 85.1 cm³/mol. The van der Waals surface area contributed by atoms with Gasteiger partial charge in [-0.15, -0.1) is 0 Å².